The maximum atomic E-state index is 10.7. The molecule has 2 N–H and O–H groups in total. The van der Waals surface area contributed by atoms with Crippen LogP contribution >= 0.6 is 0 Å². The van der Waals surface area contributed by atoms with Crippen molar-refractivity contribution in [2.45, 2.75) is 12.5 Å². The molecule has 1 atom stereocenters. The number of hydrogen-bond donors (Lipinski definition) is 2. The Morgan fingerprint density at radius 1 is 1.05 bits per heavy atom. The molecule has 104 valence electrons. The topological polar surface area (TPSA) is 45.1 Å². The first kappa shape index (κ1) is 12.4. The predicted octanol–water partition coefficient (Wildman–Crippen LogP) is 3.18. The lowest BCUT2D eigenvalue weighted by Crippen LogP contribution is -2.30. The average molecular weight is 276 g/mol. The molecule has 4 rings (SSSR count). The van der Waals surface area contributed by atoms with Crippen LogP contribution < -0.4 is 5.32 Å². The largest absolute Gasteiger partial charge is 0.507 e. The van der Waals surface area contributed by atoms with Gasteiger partial charge in [-0.2, -0.15) is 0 Å². The monoisotopic (exact) mass is 276 g/mol. The van der Waals surface area contributed by atoms with Crippen LogP contribution in [0.5, 0.6) is 5.75 Å². The fraction of sp³-hybridized carbons (Fsp3) is 0.167. The number of fused-ring (bicyclic) bond motifs is 2. The van der Waals surface area contributed by atoms with E-state index in [1.165, 1.54) is 11.1 Å². The van der Waals surface area contributed by atoms with Gasteiger partial charge in [0, 0.05) is 35.3 Å². The van der Waals surface area contributed by atoms with E-state index in [9.17, 15) is 5.11 Å². The fourth-order valence-electron chi connectivity index (χ4n) is 3.18. The van der Waals surface area contributed by atoms with Crippen LogP contribution in [0.2, 0.25) is 0 Å². The summed E-state index contributed by atoms with van der Waals surface area (Å²) in [6, 6.07) is 14.4. The number of phenols is 1. The number of phenolic OH excluding ortho intramolecular Hbond substituents is 1. The van der Waals surface area contributed by atoms with Crippen LogP contribution in [0, 0.1) is 0 Å². The van der Waals surface area contributed by atoms with Gasteiger partial charge in [0.15, 0.2) is 0 Å². The summed E-state index contributed by atoms with van der Waals surface area (Å²) < 4.78 is 0. The third kappa shape index (κ3) is 1.98. The second-order valence-electron chi connectivity index (χ2n) is 5.44. The smallest absolute Gasteiger partial charge is 0.128 e. The minimum absolute atomic E-state index is 0.0486. The van der Waals surface area contributed by atoms with Crippen molar-refractivity contribution < 1.29 is 5.11 Å². The molecule has 0 saturated heterocycles. The highest BCUT2D eigenvalue weighted by Crippen LogP contribution is 2.37. The molecule has 1 aliphatic rings. The molecular weight excluding hydrogens is 260 g/mol. The molecule has 3 heteroatoms. The van der Waals surface area contributed by atoms with Crippen molar-refractivity contribution in [2.24, 2.45) is 0 Å². The maximum Gasteiger partial charge on any atom is 0.128 e. The molecule has 0 aliphatic carbocycles. The van der Waals surface area contributed by atoms with Crippen LogP contribution in [0.1, 0.15) is 22.7 Å². The van der Waals surface area contributed by atoms with E-state index in [1.54, 1.807) is 12.4 Å². The quantitative estimate of drug-likeness (QED) is 0.717. The molecule has 3 nitrogen and oxygen atoms in total. The summed E-state index contributed by atoms with van der Waals surface area (Å²) in [6.07, 6.45) is 4.53. The second-order valence-corrected chi connectivity index (χ2v) is 5.44. The lowest BCUT2D eigenvalue weighted by Gasteiger charge is -2.28. The molecule has 0 radical (unpaired) electrons. The standard InChI is InChI=1S/C18H16N2O/c21-18-15-8-9-19-11-13(15)5-6-16(18)17-14-4-2-1-3-12(14)7-10-20-17/h1-6,8-9,11,17,20-21H,7,10H2. The zero-order valence-electron chi connectivity index (χ0n) is 11.6. The van der Waals surface area contributed by atoms with E-state index >= 15 is 0 Å². The summed E-state index contributed by atoms with van der Waals surface area (Å²) in [7, 11) is 0. The van der Waals surface area contributed by atoms with Gasteiger partial charge in [-0.15, -0.1) is 0 Å². The normalized spacial score (nSPS) is 17.6. The molecule has 1 aliphatic heterocycles. The highest BCUT2D eigenvalue weighted by molar-refractivity contribution is 5.88. The van der Waals surface area contributed by atoms with Gasteiger partial charge in [0.25, 0.3) is 0 Å². The molecule has 1 unspecified atom stereocenters. The van der Waals surface area contributed by atoms with Crippen LogP contribution in [0.3, 0.4) is 0 Å². The Morgan fingerprint density at radius 3 is 2.90 bits per heavy atom. The molecule has 2 heterocycles. The van der Waals surface area contributed by atoms with Crippen molar-refractivity contribution >= 4 is 10.8 Å². The van der Waals surface area contributed by atoms with Crippen molar-refractivity contribution in [3.8, 4) is 5.75 Å². The molecular formula is C18H16N2O. The second kappa shape index (κ2) is 4.86. The number of benzene rings is 2. The zero-order valence-corrected chi connectivity index (χ0v) is 11.6. The lowest BCUT2D eigenvalue weighted by molar-refractivity contribution is 0.459. The van der Waals surface area contributed by atoms with Gasteiger partial charge in [-0.05, 0) is 23.6 Å². The van der Waals surface area contributed by atoms with Crippen LogP contribution in [0.15, 0.2) is 54.9 Å². The third-order valence-electron chi connectivity index (χ3n) is 4.24. The number of rotatable bonds is 1. The van der Waals surface area contributed by atoms with E-state index in [1.807, 2.05) is 18.2 Å². The number of hydrogen-bond acceptors (Lipinski definition) is 3. The van der Waals surface area contributed by atoms with Crippen molar-refractivity contribution in [1.29, 1.82) is 0 Å². The van der Waals surface area contributed by atoms with Gasteiger partial charge in [-0.3, -0.25) is 4.98 Å². The third-order valence-corrected chi connectivity index (χ3v) is 4.24. The summed E-state index contributed by atoms with van der Waals surface area (Å²) in [5.74, 6) is 0.351. The van der Waals surface area contributed by atoms with Crippen molar-refractivity contribution in [1.82, 2.24) is 10.3 Å². The highest BCUT2D eigenvalue weighted by Gasteiger charge is 2.23. The van der Waals surface area contributed by atoms with E-state index in [-0.39, 0.29) is 6.04 Å². The Balaban J connectivity index is 1.90. The van der Waals surface area contributed by atoms with Gasteiger partial charge in [0.05, 0.1) is 6.04 Å². The minimum atomic E-state index is 0.0486. The average Bonchev–Trinajstić information content (AvgIpc) is 2.55. The predicted molar refractivity (Wildman–Crippen MR) is 83.4 cm³/mol. The zero-order chi connectivity index (χ0) is 14.2. The van der Waals surface area contributed by atoms with Crippen LogP contribution in [-0.4, -0.2) is 16.6 Å². The Labute approximate surface area is 123 Å². The summed E-state index contributed by atoms with van der Waals surface area (Å²) in [6.45, 7) is 0.926. The molecule has 21 heavy (non-hydrogen) atoms. The molecule has 2 aromatic carbocycles. The maximum absolute atomic E-state index is 10.7. The SMILES string of the molecule is Oc1c(C2NCCc3ccccc32)ccc2cnccc12. The Bertz CT molecular complexity index is 813. The van der Waals surface area contributed by atoms with Gasteiger partial charge >= 0.3 is 0 Å². The van der Waals surface area contributed by atoms with Gasteiger partial charge in [-0.25, -0.2) is 0 Å². The first-order valence-corrected chi connectivity index (χ1v) is 7.21. The molecule has 0 fully saturated rings. The number of aromatic nitrogens is 1. The molecule has 0 saturated carbocycles. The minimum Gasteiger partial charge on any atom is -0.507 e. The van der Waals surface area contributed by atoms with Gasteiger partial charge in [-0.1, -0.05) is 36.4 Å². The van der Waals surface area contributed by atoms with Crippen LogP contribution in [0.25, 0.3) is 10.8 Å². The molecule has 0 bridgehead atoms. The van der Waals surface area contributed by atoms with E-state index in [0.717, 1.165) is 29.3 Å². The Kier molecular flexibility index (Phi) is 2.86. The van der Waals surface area contributed by atoms with E-state index < -0.39 is 0 Å². The number of nitrogens with one attached hydrogen (secondary N) is 1. The Morgan fingerprint density at radius 2 is 1.95 bits per heavy atom. The molecule has 1 aromatic heterocycles. The van der Waals surface area contributed by atoms with Crippen LogP contribution in [-0.2, 0) is 6.42 Å². The van der Waals surface area contributed by atoms with Crippen LogP contribution in [0.4, 0.5) is 0 Å². The van der Waals surface area contributed by atoms with E-state index in [2.05, 4.69) is 34.6 Å². The number of nitrogens with zero attached hydrogens (tertiary/aromatic N) is 1. The van der Waals surface area contributed by atoms with Crippen molar-refractivity contribution in [3.63, 3.8) is 0 Å². The summed E-state index contributed by atoms with van der Waals surface area (Å²) in [4.78, 5) is 4.11. The molecule has 0 spiro atoms. The highest BCUT2D eigenvalue weighted by atomic mass is 16.3. The van der Waals surface area contributed by atoms with Crippen molar-refractivity contribution in [3.05, 3.63) is 71.5 Å². The lowest BCUT2D eigenvalue weighted by atomic mass is 9.88. The Hall–Kier alpha value is -2.39. The van der Waals surface area contributed by atoms with E-state index in [4.69, 9.17) is 0 Å². The van der Waals surface area contributed by atoms with E-state index in [0.29, 0.717) is 5.75 Å². The van der Waals surface area contributed by atoms with Gasteiger partial charge < -0.3 is 10.4 Å². The summed E-state index contributed by atoms with van der Waals surface area (Å²) in [5, 5.41) is 16.0. The first-order chi connectivity index (χ1) is 10.3. The fourth-order valence-corrected chi connectivity index (χ4v) is 3.18. The summed E-state index contributed by atoms with van der Waals surface area (Å²) >= 11 is 0. The van der Waals surface area contributed by atoms with Gasteiger partial charge in [0.2, 0.25) is 0 Å². The number of aromatic hydroxyl groups is 1. The number of pyridine rings is 1. The molecule has 3 aromatic rings. The van der Waals surface area contributed by atoms with Crippen molar-refractivity contribution in [2.75, 3.05) is 6.54 Å². The molecule has 0 amide bonds. The van der Waals surface area contributed by atoms with Gasteiger partial charge in [0.1, 0.15) is 5.75 Å². The first-order valence-electron chi connectivity index (χ1n) is 7.21. The summed E-state index contributed by atoms with van der Waals surface area (Å²) in [5.41, 5.74) is 3.55.